The third kappa shape index (κ3) is 8.93. The zero-order valence-corrected chi connectivity index (χ0v) is 28.3. The number of carbonyl (C=O) groups excluding carboxylic acids is 2. The largest absolute Gasteiger partial charge is 0.492 e. The Morgan fingerprint density at radius 2 is 1.68 bits per heavy atom. The molecule has 0 fully saturated rings. The van der Waals surface area contributed by atoms with E-state index in [1.807, 2.05) is 42.5 Å². The Hall–Kier alpha value is -4.34. The third-order valence-corrected chi connectivity index (χ3v) is 9.82. The van der Waals surface area contributed by atoms with Crippen molar-refractivity contribution in [3.8, 4) is 11.5 Å². The van der Waals surface area contributed by atoms with E-state index in [4.69, 9.17) is 21.1 Å². The topological polar surface area (TPSA) is 102 Å². The molecular weight excluding hydrogens is 636 g/mol. The van der Waals surface area contributed by atoms with E-state index >= 15 is 0 Å². The second-order valence-electron chi connectivity index (χ2n) is 12.3. The van der Waals surface area contributed by atoms with Crippen molar-refractivity contribution >= 4 is 33.4 Å². The number of sulfonamides is 1. The molecule has 47 heavy (non-hydrogen) atoms. The highest BCUT2D eigenvalue weighted by molar-refractivity contribution is 7.90. The van der Waals surface area contributed by atoms with Gasteiger partial charge in [-0.2, -0.15) is 0 Å². The predicted octanol–water partition coefficient (Wildman–Crippen LogP) is 6.82. The monoisotopic (exact) mass is 674 g/mol. The van der Waals surface area contributed by atoms with Crippen molar-refractivity contribution in [1.29, 1.82) is 0 Å². The normalized spacial score (nSPS) is 15.8. The molecule has 8 nitrogen and oxygen atoms in total. The Morgan fingerprint density at radius 1 is 0.979 bits per heavy atom. The van der Waals surface area contributed by atoms with Crippen LogP contribution in [0.15, 0.2) is 102 Å². The average molecular weight is 675 g/mol. The molecule has 5 rings (SSSR count). The number of aryl methyl sites for hydroxylation is 1. The summed E-state index contributed by atoms with van der Waals surface area (Å²) in [6.07, 6.45) is 2.25. The van der Waals surface area contributed by atoms with Gasteiger partial charge in [0.25, 0.3) is 21.8 Å². The summed E-state index contributed by atoms with van der Waals surface area (Å²) in [5.41, 5.74) is 3.25. The van der Waals surface area contributed by atoms with Crippen molar-refractivity contribution in [3.05, 3.63) is 124 Å². The van der Waals surface area contributed by atoms with Crippen molar-refractivity contribution in [3.63, 3.8) is 0 Å². The minimum atomic E-state index is -4.18. The fourth-order valence-electron chi connectivity index (χ4n) is 5.56. The van der Waals surface area contributed by atoms with Crippen LogP contribution >= 0.6 is 11.6 Å². The van der Waals surface area contributed by atoms with Crippen LogP contribution in [0, 0.1) is 0 Å². The van der Waals surface area contributed by atoms with E-state index in [-0.39, 0.29) is 23.6 Å². The van der Waals surface area contributed by atoms with Crippen LogP contribution in [0.2, 0.25) is 5.02 Å². The number of halogens is 1. The summed E-state index contributed by atoms with van der Waals surface area (Å²) in [7, 11) is -4.18. The predicted molar refractivity (Wildman–Crippen MR) is 183 cm³/mol. The molecule has 1 aliphatic heterocycles. The number of benzene rings is 4. The smallest absolute Gasteiger partial charge is 0.264 e. The van der Waals surface area contributed by atoms with Gasteiger partial charge in [0.15, 0.2) is 0 Å². The molecule has 246 valence electrons. The summed E-state index contributed by atoms with van der Waals surface area (Å²) >= 11 is 5.89. The maximum atomic E-state index is 13.9. The molecule has 0 saturated heterocycles. The van der Waals surface area contributed by atoms with Gasteiger partial charge in [-0.3, -0.25) is 9.59 Å². The summed E-state index contributed by atoms with van der Waals surface area (Å²) in [4.78, 5) is 28.1. The molecule has 0 radical (unpaired) electrons. The van der Waals surface area contributed by atoms with Crippen molar-refractivity contribution in [1.82, 2.24) is 9.62 Å². The lowest BCUT2D eigenvalue weighted by Crippen LogP contribution is -2.44. The van der Waals surface area contributed by atoms with E-state index in [0.717, 1.165) is 30.6 Å². The van der Waals surface area contributed by atoms with E-state index in [2.05, 4.69) is 37.6 Å². The number of nitrogens with zero attached hydrogens (tertiary/aromatic N) is 1. The third-order valence-electron chi connectivity index (χ3n) is 8.18. The van der Waals surface area contributed by atoms with Crippen LogP contribution < -0.4 is 14.2 Å². The molecule has 1 atom stereocenters. The first-order chi connectivity index (χ1) is 22.4. The van der Waals surface area contributed by atoms with Gasteiger partial charge in [0.05, 0.1) is 11.4 Å². The highest BCUT2D eigenvalue weighted by Crippen LogP contribution is 2.36. The molecule has 0 aliphatic carbocycles. The zero-order chi connectivity index (χ0) is 33.6. The lowest BCUT2D eigenvalue weighted by Gasteiger charge is -2.36. The van der Waals surface area contributed by atoms with Gasteiger partial charge in [0.2, 0.25) is 0 Å². The lowest BCUT2D eigenvalue weighted by atomic mass is 9.87. The van der Waals surface area contributed by atoms with Crippen LogP contribution in [-0.4, -0.2) is 50.4 Å². The molecule has 0 aromatic heterocycles. The van der Waals surface area contributed by atoms with Crippen LogP contribution in [0.5, 0.6) is 11.5 Å². The highest BCUT2D eigenvalue weighted by Gasteiger charge is 2.32. The molecular formula is C37H39ClN2O6S. The van der Waals surface area contributed by atoms with Crippen molar-refractivity contribution < 1.29 is 27.5 Å². The van der Waals surface area contributed by atoms with Gasteiger partial charge < -0.3 is 14.4 Å². The molecule has 4 aromatic rings. The molecule has 4 aromatic carbocycles. The first kappa shape index (κ1) is 34.0. The maximum Gasteiger partial charge on any atom is 0.264 e. The van der Waals surface area contributed by atoms with E-state index < -0.39 is 28.4 Å². The van der Waals surface area contributed by atoms with Crippen LogP contribution in [0.4, 0.5) is 0 Å². The molecule has 1 aliphatic rings. The Kier molecular flexibility index (Phi) is 10.6. The van der Waals surface area contributed by atoms with Crippen molar-refractivity contribution in [2.75, 3.05) is 19.7 Å². The number of hydrogen-bond donors (Lipinski definition) is 1. The number of ether oxygens (including phenoxy) is 2. The second-order valence-corrected chi connectivity index (χ2v) is 14.4. The second kappa shape index (κ2) is 14.6. The Bertz CT molecular complexity index is 1810. The maximum absolute atomic E-state index is 13.9. The number of nitrogens with one attached hydrogen (secondary N) is 1. The molecule has 1 heterocycles. The van der Waals surface area contributed by atoms with Crippen LogP contribution in [-0.2, 0) is 27.7 Å². The van der Waals surface area contributed by atoms with Crippen LogP contribution in [0.3, 0.4) is 0 Å². The quantitative estimate of drug-likeness (QED) is 0.177. The summed E-state index contributed by atoms with van der Waals surface area (Å²) in [5, 5.41) is 0.363. The summed E-state index contributed by atoms with van der Waals surface area (Å²) in [6, 6.07) is 28.6. The zero-order valence-electron chi connectivity index (χ0n) is 26.7. The molecule has 1 N–H and O–H groups in total. The Morgan fingerprint density at radius 3 is 2.36 bits per heavy atom. The summed E-state index contributed by atoms with van der Waals surface area (Å²) in [6.45, 7) is 5.94. The first-order valence-electron chi connectivity index (χ1n) is 15.6. The standard InChI is InChI=1S/C37H39ClN2O6S/c1-26(2)28-9-14-32(15-10-28)45-22-21-40(25-35(41)39-47(43,44)33-16-12-31(38)13-17-33)36(42)30-11-18-34-29(23-30)19-20-37(3,46-34)24-27-7-5-4-6-8-27/h4-18,23,26H,19-22,24-25H2,1-3H3,(H,39,41). The van der Waals surface area contributed by atoms with E-state index in [9.17, 15) is 18.0 Å². The molecule has 0 saturated carbocycles. The number of hydrogen-bond acceptors (Lipinski definition) is 6. The first-order valence-corrected chi connectivity index (χ1v) is 17.5. The molecule has 10 heteroatoms. The van der Waals surface area contributed by atoms with Gasteiger partial charge >= 0.3 is 0 Å². The number of rotatable bonds is 12. The van der Waals surface area contributed by atoms with Gasteiger partial charge in [0.1, 0.15) is 30.3 Å². The lowest BCUT2D eigenvalue weighted by molar-refractivity contribution is -0.120. The molecule has 0 spiro atoms. The molecule has 1 unspecified atom stereocenters. The minimum Gasteiger partial charge on any atom is -0.492 e. The van der Waals surface area contributed by atoms with E-state index in [0.29, 0.717) is 22.3 Å². The van der Waals surface area contributed by atoms with Crippen LogP contribution in [0.25, 0.3) is 0 Å². The van der Waals surface area contributed by atoms with Crippen LogP contribution in [0.1, 0.15) is 60.2 Å². The van der Waals surface area contributed by atoms with Gasteiger partial charge in [-0.15, -0.1) is 0 Å². The fourth-order valence-corrected chi connectivity index (χ4v) is 6.66. The summed E-state index contributed by atoms with van der Waals surface area (Å²) in [5.74, 6) is 0.439. The highest BCUT2D eigenvalue weighted by atomic mass is 35.5. The molecule has 2 amide bonds. The van der Waals surface area contributed by atoms with Gasteiger partial charge in [0, 0.05) is 17.0 Å². The average Bonchev–Trinajstić information content (AvgIpc) is 3.04. The Labute approximate surface area is 281 Å². The van der Waals surface area contributed by atoms with Gasteiger partial charge in [-0.05, 0) is 97.0 Å². The summed E-state index contributed by atoms with van der Waals surface area (Å²) < 4.78 is 40.1. The fraction of sp³-hybridized carbons (Fsp3) is 0.297. The number of amides is 2. The van der Waals surface area contributed by atoms with E-state index in [1.165, 1.54) is 40.3 Å². The van der Waals surface area contributed by atoms with Gasteiger partial charge in [-0.1, -0.05) is 67.9 Å². The minimum absolute atomic E-state index is 0.0436. The van der Waals surface area contributed by atoms with Crippen molar-refractivity contribution in [2.24, 2.45) is 0 Å². The number of carbonyl (C=O) groups is 2. The molecule has 0 bridgehead atoms. The Balaban J connectivity index is 1.30. The van der Waals surface area contributed by atoms with E-state index in [1.54, 1.807) is 18.2 Å². The number of fused-ring (bicyclic) bond motifs is 1. The van der Waals surface area contributed by atoms with Crippen molar-refractivity contribution in [2.45, 2.75) is 56.4 Å². The SMILES string of the molecule is CC(C)c1ccc(OCCN(CC(=O)NS(=O)(=O)c2ccc(Cl)cc2)C(=O)c2ccc3c(c2)CCC(C)(Cc2ccccc2)O3)cc1. The van der Waals surface area contributed by atoms with Gasteiger partial charge in [-0.25, -0.2) is 13.1 Å².